The third-order valence-corrected chi connectivity index (χ3v) is 3.97. The van der Waals surface area contributed by atoms with Crippen LogP contribution in [0.25, 0.3) is 0 Å². The normalized spacial score (nSPS) is 17.8. The van der Waals surface area contributed by atoms with Crippen molar-refractivity contribution >= 4 is 41.9 Å². The number of ether oxygens (including phenoxy) is 1. The van der Waals surface area contributed by atoms with E-state index >= 15 is 0 Å². The zero-order chi connectivity index (χ0) is 21.4. The van der Waals surface area contributed by atoms with Crippen molar-refractivity contribution in [3.05, 3.63) is 0 Å². The second-order valence-corrected chi connectivity index (χ2v) is 9.31. The van der Waals surface area contributed by atoms with Crippen LogP contribution in [0.3, 0.4) is 0 Å². The van der Waals surface area contributed by atoms with Gasteiger partial charge in [0.25, 0.3) is 0 Å². The zero-order valence-electron chi connectivity index (χ0n) is 19.1. The van der Waals surface area contributed by atoms with E-state index in [0.29, 0.717) is 31.5 Å². The predicted molar refractivity (Wildman–Crippen MR) is 128 cm³/mol. The first kappa shape index (κ1) is 27.7. The van der Waals surface area contributed by atoms with E-state index in [-0.39, 0.29) is 48.1 Å². The van der Waals surface area contributed by atoms with Crippen LogP contribution in [0.4, 0.5) is 4.79 Å². The van der Waals surface area contributed by atoms with E-state index in [2.05, 4.69) is 20.9 Å². The maximum absolute atomic E-state index is 12.3. The van der Waals surface area contributed by atoms with E-state index in [1.165, 1.54) is 0 Å². The summed E-state index contributed by atoms with van der Waals surface area (Å²) in [4.78, 5) is 30.4. The lowest BCUT2D eigenvalue weighted by Gasteiger charge is -2.34. The van der Waals surface area contributed by atoms with Gasteiger partial charge in [0.2, 0.25) is 5.91 Å². The van der Waals surface area contributed by atoms with Gasteiger partial charge in [-0.3, -0.25) is 4.79 Å². The van der Waals surface area contributed by atoms with E-state index < -0.39 is 5.60 Å². The largest absolute Gasteiger partial charge is 0.444 e. The SMILES string of the molecule is CCNC(=NCC(=O)NC(C)(C)C)NCC1CCCN(C(=O)OC(C)(C)C)C1.I. The molecule has 0 bridgehead atoms. The summed E-state index contributed by atoms with van der Waals surface area (Å²) in [6.07, 6.45) is 1.74. The molecule has 1 atom stereocenters. The molecule has 0 aromatic rings. The van der Waals surface area contributed by atoms with Crippen molar-refractivity contribution in [2.75, 3.05) is 32.7 Å². The number of piperidine rings is 1. The molecular weight excluding hydrogens is 485 g/mol. The molecule has 1 heterocycles. The molecule has 1 saturated heterocycles. The van der Waals surface area contributed by atoms with Crippen LogP contribution in [0.2, 0.25) is 0 Å². The smallest absolute Gasteiger partial charge is 0.410 e. The number of guanidine groups is 1. The van der Waals surface area contributed by atoms with E-state index in [0.717, 1.165) is 19.4 Å². The van der Waals surface area contributed by atoms with Crippen molar-refractivity contribution in [1.29, 1.82) is 0 Å². The Morgan fingerprint density at radius 1 is 1.14 bits per heavy atom. The van der Waals surface area contributed by atoms with Crippen LogP contribution < -0.4 is 16.0 Å². The monoisotopic (exact) mass is 525 g/mol. The predicted octanol–water partition coefficient (Wildman–Crippen LogP) is 2.72. The molecule has 29 heavy (non-hydrogen) atoms. The number of hydrogen-bond acceptors (Lipinski definition) is 4. The molecule has 2 amide bonds. The highest BCUT2D eigenvalue weighted by atomic mass is 127. The summed E-state index contributed by atoms with van der Waals surface area (Å²) in [5, 5.41) is 9.35. The van der Waals surface area contributed by atoms with Gasteiger partial charge in [-0.15, -0.1) is 24.0 Å². The average Bonchev–Trinajstić information content (AvgIpc) is 2.54. The fourth-order valence-electron chi connectivity index (χ4n) is 2.92. The molecule has 0 radical (unpaired) electrons. The Morgan fingerprint density at radius 3 is 2.34 bits per heavy atom. The summed E-state index contributed by atoms with van der Waals surface area (Å²) >= 11 is 0. The summed E-state index contributed by atoms with van der Waals surface area (Å²) in [7, 11) is 0. The third kappa shape index (κ3) is 12.8. The molecule has 1 unspecified atom stereocenters. The molecule has 0 spiro atoms. The van der Waals surface area contributed by atoms with E-state index in [1.807, 2.05) is 48.5 Å². The van der Waals surface area contributed by atoms with Gasteiger partial charge in [0, 0.05) is 31.7 Å². The van der Waals surface area contributed by atoms with Gasteiger partial charge in [0.15, 0.2) is 5.96 Å². The molecule has 9 heteroatoms. The second-order valence-electron chi connectivity index (χ2n) is 9.31. The van der Waals surface area contributed by atoms with Crippen LogP contribution in [0, 0.1) is 5.92 Å². The molecule has 170 valence electrons. The molecule has 3 N–H and O–H groups in total. The molecule has 8 nitrogen and oxygen atoms in total. The van der Waals surface area contributed by atoms with Crippen LogP contribution in [-0.2, 0) is 9.53 Å². The Morgan fingerprint density at radius 2 is 1.79 bits per heavy atom. The van der Waals surface area contributed by atoms with E-state index in [1.54, 1.807) is 4.90 Å². The highest BCUT2D eigenvalue weighted by Gasteiger charge is 2.27. The molecule has 1 aliphatic rings. The molecule has 0 aliphatic carbocycles. The quantitative estimate of drug-likeness (QED) is 0.292. The van der Waals surface area contributed by atoms with Crippen molar-refractivity contribution in [1.82, 2.24) is 20.9 Å². The minimum atomic E-state index is -0.485. The number of nitrogens with one attached hydrogen (secondary N) is 3. The van der Waals surface area contributed by atoms with Gasteiger partial charge in [-0.25, -0.2) is 9.79 Å². The Hall–Kier alpha value is -1.26. The van der Waals surface area contributed by atoms with Gasteiger partial charge in [-0.1, -0.05) is 0 Å². The summed E-state index contributed by atoms with van der Waals surface area (Å²) in [5.41, 5.74) is -0.758. The first-order valence-corrected chi connectivity index (χ1v) is 10.2. The van der Waals surface area contributed by atoms with Crippen molar-refractivity contribution < 1.29 is 14.3 Å². The van der Waals surface area contributed by atoms with Crippen molar-refractivity contribution in [2.24, 2.45) is 10.9 Å². The van der Waals surface area contributed by atoms with Crippen LogP contribution >= 0.6 is 24.0 Å². The first-order chi connectivity index (χ1) is 12.9. The number of nitrogens with zero attached hydrogens (tertiary/aromatic N) is 2. The van der Waals surface area contributed by atoms with Gasteiger partial charge >= 0.3 is 6.09 Å². The lowest BCUT2D eigenvalue weighted by Crippen LogP contribution is -2.47. The van der Waals surface area contributed by atoms with Gasteiger partial charge in [-0.05, 0) is 67.2 Å². The molecular formula is C20H40IN5O3. The first-order valence-electron chi connectivity index (χ1n) is 10.2. The lowest BCUT2D eigenvalue weighted by molar-refractivity contribution is -0.121. The number of hydrogen-bond donors (Lipinski definition) is 3. The van der Waals surface area contributed by atoms with Crippen molar-refractivity contribution in [2.45, 2.75) is 72.4 Å². The fourth-order valence-corrected chi connectivity index (χ4v) is 2.92. The highest BCUT2D eigenvalue weighted by Crippen LogP contribution is 2.18. The summed E-state index contributed by atoms with van der Waals surface area (Å²) in [5.74, 6) is 0.813. The number of carbonyl (C=O) groups excluding carboxylic acids is 2. The zero-order valence-corrected chi connectivity index (χ0v) is 21.4. The highest BCUT2D eigenvalue weighted by molar-refractivity contribution is 14.0. The van der Waals surface area contributed by atoms with Gasteiger partial charge in [-0.2, -0.15) is 0 Å². The van der Waals surface area contributed by atoms with Gasteiger partial charge in [0.1, 0.15) is 12.1 Å². The fraction of sp³-hybridized carbons (Fsp3) is 0.850. The Kier molecular flexibility index (Phi) is 11.9. The van der Waals surface area contributed by atoms with Gasteiger partial charge in [0.05, 0.1) is 0 Å². The summed E-state index contributed by atoms with van der Waals surface area (Å²) < 4.78 is 5.48. The summed E-state index contributed by atoms with van der Waals surface area (Å²) in [6, 6.07) is 0. The summed E-state index contributed by atoms with van der Waals surface area (Å²) in [6.45, 7) is 16.3. The van der Waals surface area contributed by atoms with E-state index in [9.17, 15) is 9.59 Å². The maximum atomic E-state index is 12.3. The molecule has 0 aromatic carbocycles. The number of halogens is 1. The maximum Gasteiger partial charge on any atom is 0.410 e. The van der Waals surface area contributed by atoms with Crippen LogP contribution in [0.5, 0.6) is 0 Å². The number of likely N-dealkylation sites (tertiary alicyclic amines) is 1. The van der Waals surface area contributed by atoms with E-state index in [4.69, 9.17) is 4.74 Å². The second kappa shape index (κ2) is 12.4. The number of aliphatic imine (C=N–C) groups is 1. The number of rotatable bonds is 5. The Balaban J connectivity index is 0.00000784. The molecule has 0 aromatic heterocycles. The minimum Gasteiger partial charge on any atom is -0.444 e. The molecule has 1 fully saturated rings. The average molecular weight is 525 g/mol. The molecule has 0 saturated carbocycles. The van der Waals surface area contributed by atoms with Crippen molar-refractivity contribution in [3.63, 3.8) is 0 Å². The number of amides is 2. The number of carbonyl (C=O) groups is 2. The Bertz CT molecular complexity index is 555. The lowest BCUT2D eigenvalue weighted by atomic mass is 9.98. The standard InChI is InChI=1S/C20H39N5O3.HI/c1-8-21-17(23-13-16(26)24-19(2,3)4)22-12-15-10-9-11-25(14-15)18(27)28-20(5,6)7;/h15H,8-14H2,1-7H3,(H,24,26)(H2,21,22,23);1H. The molecule has 1 rings (SSSR count). The molecule has 1 aliphatic heterocycles. The van der Waals surface area contributed by atoms with Crippen LogP contribution in [0.15, 0.2) is 4.99 Å². The minimum absolute atomic E-state index is 0. The topological polar surface area (TPSA) is 95.1 Å². The van der Waals surface area contributed by atoms with Gasteiger partial charge < -0.3 is 25.6 Å². The van der Waals surface area contributed by atoms with Crippen LogP contribution in [0.1, 0.15) is 61.3 Å². The Labute approximate surface area is 193 Å². The van der Waals surface area contributed by atoms with Crippen LogP contribution in [-0.4, -0.2) is 66.7 Å². The van der Waals surface area contributed by atoms with Crippen molar-refractivity contribution in [3.8, 4) is 0 Å². The third-order valence-electron chi connectivity index (χ3n) is 3.97.